The molecular formula is C13H21NO4. The summed E-state index contributed by atoms with van der Waals surface area (Å²) in [6, 6.07) is 0. The average molecular weight is 255 g/mol. The Kier molecular flexibility index (Phi) is 3.25. The van der Waals surface area contributed by atoms with Crippen LogP contribution in [0.2, 0.25) is 0 Å². The van der Waals surface area contributed by atoms with Crippen molar-refractivity contribution < 1.29 is 19.1 Å². The van der Waals surface area contributed by atoms with E-state index in [1.54, 1.807) is 4.90 Å². The van der Waals surface area contributed by atoms with Crippen LogP contribution in [0, 0.1) is 17.8 Å². The number of nitrogens with zero attached hydrogens (tertiary/aromatic N) is 1. The lowest BCUT2D eigenvalue weighted by molar-refractivity contribution is -0.141. The molecule has 2 aliphatic rings. The molecule has 18 heavy (non-hydrogen) atoms. The molecule has 0 N–H and O–H groups in total. The minimum atomic E-state index is -0.449. The van der Waals surface area contributed by atoms with Gasteiger partial charge in [-0.3, -0.25) is 4.79 Å². The summed E-state index contributed by atoms with van der Waals surface area (Å²) in [4.78, 5) is 24.7. The molecule has 0 aromatic heterocycles. The van der Waals surface area contributed by atoms with Crippen molar-refractivity contribution in [3.8, 4) is 0 Å². The molecule has 1 aliphatic heterocycles. The van der Waals surface area contributed by atoms with Crippen LogP contribution in [0.3, 0.4) is 0 Å². The second-order valence-electron chi connectivity index (χ2n) is 6.16. The van der Waals surface area contributed by atoms with E-state index in [2.05, 4.69) is 4.74 Å². The molecule has 1 aliphatic carbocycles. The number of piperidine rings is 1. The van der Waals surface area contributed by atoms with Crippen molar-refractivity contribution >= 4 is 12.1 Å². The second-order valence-corrected chi connectivity index (χ2v) is 6.16. The molecule has 0 bridgehead atoms. The van der Waals surface area contributed by atoms with E-state index in [4.69, 9.17) is 4.74 Å². The lowest BCUT2D eigenvalue weighted by Crippen LogP contribution is -2.37. The van der Waals surface area contributed by atoms with E-state index in [1.807, 2.05) is 20.8 Å². The molecule has 2 atom stereocenters. The number of hydrogen-bond acceptors (Lipinski definition) is 4. The molecule has 5 heteroatoms. The predicted octanol–water partition coefficient (Wildman–Crippen LogP) is 1.66. The third kappa shape index (κ3) is 2.76. The summed E-state index contributed by atoms with van der Waals surface area (Å²) < 4.78 is 9.99. The maximum absolute atomic E-state index is 11.8. The molecule has 2 unspecified atom stereocenters. The van der Waals surface area contributed by atoms with Gasteiger partial charge in [-0.15, -0.1) is 0 Å². The number of carbonyl (C=O) groups is 2. The Morgan fingerprint density at radius 3 is 2.22 bits per heavy atom. The van der Waals surface area contributed by atoms with Gasteiger partial charge in [0, 0.05) is 19.5 Å². The second kappa shape index (κ2) is 4.44. The Bertz CT molecular complexity index is 348. The van der Waals surface area contributed by atoms with Gasteiger partial charge >= 0.3 is 12.1 Å². The smallest absolute Gasteiger partial charge is 0.410 e. The lowest BCUT2D eigenvalue weighted by atomic mass is 10.2. The molecule has 5 nitrogen and oxygen atoms in total. The Hall–Kier alpha value is -1.26. The van der Waals surface area contributed by atoms with Crippen LogP contribution in [0.25, 0.3) is 0 Å². The van der Waals surface area contributed by atoms with E-state index in [0.29, 0.717) is 37.3 Å². The molecule has 2 fully saturated rings. The van der Waals surface area contributed by atoms with Crippen LogP contribution in [0.15, 0.2) is 0 Å². The fourth-order valence-corrected chi connectivity index (χ4v) is 2.70. The molecule has 1 saturated heterocycles. The number of methoxy groups -OCH3 is 1. The van der Waals surface area contributed by atoms with Crippen molar-refractivity contribution in [1.82, 2.24) is 4.90 Å². The van der Waals surface area contributed by atoms with Crippen LogP contribution < -0.4 is 0 Å². The molecule has 0 aromatic carbocycles. The highest BCUT2D eigenvalue weighted by molar-refractivity contribution is 5.71. The van der Waals surface area contributed by atoms with Crippen LogP contribution in [-0.2, 0) is 14.3 Å². The van der Waals surface area contributed by atoms with E-state index >= 15 is 0 Å². The van der Waals surface area contributed by atoms with Crippen molar-refractivity contribution in [2.75, 3.05) is 20.2 Å². The number of esters is 1. The van der Waals surface area contributed by atoms with E-state index in [1.165, 1.54) is 7.11 Å². The Morgan fingerprint density at radius 2 is 1.78 bits per heavy atom. The highest BCUT2D eigenvalue weighted by Gasteiger charge is 2.57. The summed E-state index contributed by atoms with van der Waals surface area (Å²) in [5, 5.41) is 0. The minimum absolute atomic E-state index is 0.154. The molecular weight excluding hydrogens is 234 g/mol. The van der Waals surface area contributed by atoms with Crippen LogP contribution in [-0.4, -0.2) is 42.8 Å². The van der Waals surface area contributed by atoms with Gasteiger partial charge in [0.1, 0.15) is 5.60 Å². The minimum Gasteiger partial charge on any atom is -0.469 e. The van der Waals surface area contributed by atoms with Gasteiger partial charge in [-0.1, -0.05) is 0 Å². The van der Waals surface area contributed by atoms with Gasteiger partial charge in [0.25, 0.3) is 0 Å². The van der Waals surface area contributed by atoms with Crippen LogP contribution >= 0.6 is 0 Å². The van der Waals surface area contributed by atoms with E-state index in [0.717, 1.165) is 0 Å². The fraction of sp³-hybridized carbons (Fsp3) is 0.846. The lowest BCUT2D eigenvalue weighted by Gasteiger charge is -2.25. The van der Waals surface area contributed by atoms with Crippen molar-refractivity contribution in [3.63, 3.8) is 0 Å². The van der Waals surface area contributed by atoms with E-state index in [-0.39, 0.29) is 12.1 Å². The predicted molar refractivity (Wildman–Crippen MR) is 64.9 cm³/mol. The highest BCUT2D eigenvalue weighted by atomic mass is 16.6. The summed E-state index contributed by atoms with van der Waals surface area (Å²) in [7, 11) is 1.41. The third-order valence-corrected chi connectivity index (χ3v) is 3.65. The Morgan fingerprint density at radius 1 is 1.22 bits per heavy atom. The van der Waals surface area contributed by atoms with Gasteiger partial charge < -0.3 is 14.4 Å². The Labute approximate surface area is 107 Å². The molecule has 0 aromatic rings. The zero-order valence-electron chi connectivity index (χ0n) is 11.4. The van der Waals surface area contributed by atoms with E-state index < -0.39 is 5.60 Å². The summed E-state index contributed by atoms with van der Waals surface area (Å²) in [5.74, 6) is 1.16. The number of hydrogen-bond donors (Lipinski definition) is 0. The molecule has 1 saturated carbocycles. The van der Waals surface area contributed by atoms with E-state index in [9.17, 15) is 9.59 Å². The van der Waals surface area contributed by atoms with Crippen LogP contribution in [0.4, 0.5) is 4.79 Å². The first-order valence-corrected chi connectivity index (χ1v) is 6.36. The molecule has 1 heterocycles. The third-order valence-electron chi connectivity index (χ3n) is 3.65. The SMILES string of the molecule is COC(=O)CC1C2CN(C(=O)OC(C)(C)C)CC12. The van der Waals surface area contributed by atoms with Gasteiger partial charge in [-0.25, -0.2) is 4.79 Å². The van der Waals surface area contributed by atoms with Crippen LogP contribution in [0.5, 0.6) is 0 Å². The first-order chi connectivity index (χ1) is 8.31. The van der Waals surface area contributed by atoms with Crippen molar-refractivity contribution in [1.29, 1.82) is 0 Å². The number of fused-ring (bicyclic) bond motifs is 1. The number of amides is 1. The molecule has 0 spiro atoms. The molecule has 102 valence electrons. The van der Waals surface area contributed by atoms with Gasteiger partial charge in [0.2, 0.25) is 0 Å². The van der Waals surface area contributed by atoms with Crippen molar-refractivity contribution in [2.24, 2.45) is 17.8 Å². The zero-order valence-corrected chi connectivity index (χ0v) is 11.4. The van der Waals surface area contributed by atoms with Crippen molar-refractivity contribution in [2.45, 2.75) is 32.8 Å². The molecule has 1 amide bonds. The van der Waals surface area contributed by atoms with Crippen LogP contribution in [0.1, 0.15) is 27.2 Å². The zero-order chi connectivity index (χ0) is 13.5. The monoisotopic (exact) mass is 255 g/mol. The largest absolute Gasteiger partial charge is 0.469 e. The van der Waals surface area contributed by atoms with Gasteiger partial charge in [0.15, 0.2) is 0 Å². The standard InChI is InChI=1S/C13H21NO4/c1-13(2,3)18-12(16)14-6-9-8(10(9)7-14)5-11(15)17-4/h8-10H,5-7H2,1-4H3. The van der Waals surface area contributed by atoms with Gasteiger partial charge in [0.05, 0.1) is 7.11 Å². The molecule has 0 radical (unpaired) electrons. The summed E-state index contributed by atoms with van der Waals surface area (Å²) >= 11 is 0. The first-order valence-electron chi connectivity index (χ1n) is 6.36. The Balaban J connectivity index is 1.77. The topological polar surface area (TPSA) is 55.8 Å². The summed E-state index contributed by atoms with van der Waals surface area (Å²) in [6.07, 6.45) is 0.236. The van der Waals surface area contributed by atoms with Gasteiger partial charge in [-0.05, 0) is 38.5 Å². The fourth-order valence-electron chi connectivity index (χ4n) is 2.70. The number of likely N-dealkylation sites (tertiary alicyclic amines) is 1. The number of rotatable bonds is 2. The maximum Gasteiger partial charge on any atom is 0.410 e. The number of carbonyl (C=O) groups excluding carboxylic acids is 2. The maximum atomic E-state index is 11.8. The average Bonchev–Trinajstić information content (AvgIpc) is 2.73. The summed E-state index contributed by atoms with van der Waals surface area (Å²) in [5.41, 5.74) is -0.449. The normalized spacial score (nSPS) is 29.8. The van der Waals surface area contributed by atoms with Crippen molar-refractivity contribution in [3.05, 3.63) is 0 Å². The quantitative estimate of drug-likeness (QED) is 0.704. The summed E-state index contributed by atoms with van der Waals surface area (Å²) in [6.45, 7) is 7.01. The molecule has 2 rings (SSSR count). The highest BCUT2D eigenvalue weighted by Crippen LogP contribution is 2.53. The first kappa shape index (κ1) is 13.2. The number of ether oxygens (including phenoxy) is 2. The van der Waals surface area contributed by atoms with Gasteiger partial charge in [-0.2, -0.15) is 0 Å².